The van der Waals surface area contributed by atoms with Gasteiger partial charge in [0.1, 0.15) is 5.82 Å². The highest BCUT2D eigenvalue weighted by molar-refractivity contribution is 7.89. The SMILES string of the molecule is CCc1nccn1CC1CCN(S(=O)(=O)c2ccccc2C(=O)OC)CC1. The van der Waals surface area contributed by atoms with Crippen molar-refractivity contribution in [3.05, 3.63) is 48.0 Å². The van der Waals surface area contributed by atoms with Crippen LogP contribution in [0.4, 0.5) is 0 Å². The summed E-state index contributed by atoms with van der Waals surface area (Å²) in [7, 11) is -2.48. The third-order valence-corrected chi connectivity index (χ3v) is 7.01. The third-order valence-electron chi connectivity index (χ3n) is 5.06. The van der Waals surface area contributed by atoms with E-state index in [-0.39, 0.29) is 10.5 Å². The highest BCUT2D eigenvalue weighted by atomic mass is 32.2. The lowest BCUT2D eigenvalue weighted by molar-refractivity contribution is 0.0596. The number of carbonyl (C=O) groups excluding carboxylic acids is 1. The second kappa shape index (κ2) is 8.22. The molecule has 0 amide bonds. The standard InChI is InChI=1S/C19H25N3O4S/c1-3-18-20-10-13-21(18)14-15-8-11-22(12-9-15)27(24,25)17-7-5-4-6-16(17)19(23)26-2/h4-7,10,13,15H,3,8-9,11-12,14H2,1-2H3. The number of esters is 1. The van der Waals surface area contributed by atoms with Gasteiger partial charge in [0.25, 0.3) is 0 Å². The van der Waals surface area contributed by atoms with Crippen molar-refractivity contribution in [1.29, 1.82) is 0 Å². The number of hydrogen-bond donors (Lipinski definition) is 0. The summed E-state index contributed by atoms with van der Waals surface area (Å²) in [6.45, 7) is 3.82. The van der Waals surface area contributed by atoms with Gasteiger partial charge in [0.05, 0.1) is 17.6 Å². The van der Waals surface area contributed by atoms with Crippen molar-refractivity contribution in [1.82, 2.24) is 13.9 Å². The zero-order valence-corrected chi connectivity index (χ0v) is 16.5. The number of sulfonamides is 1. The van der Waals surface area contributed by atoms with Crippen molar-refractivity contribution in [3.8, 4) is 0 Å². The van der Waals surface area contributed by atoms with E-state index in [1.807, 2.05) is 12.4 Å². The Morgan fingerprint density at radius 2 is 1.96 bits per heavy atom. The van der Waals surface area contributed by atoms with Gasteiger partial charge in [-0.1, -0.05) is 19.1 Å². The van der Waals surface area contributed by atoms with E-state index in [0.29, 0.717) is 19.0 Å². The lowest BCUT2D eigenvalue weighted by Gasteiger charge is -2.32. The summed E-state index contributed by atoms with van der Waals surface area (Å²) in [5.41, 5.74) is 0.0770. The minimum Gasteiger partial charge on any atom is -0.465 e. The van der Waals surface area contributed by atoms with Crippen LogP contribution in [0.15, 0.2) is 41.6 Å². The molecule has 2 aromatic rings. The molecule has 2 heterocycles. The molecule has 146 valence electrons. The zero-order chi connectivity index (χ0) is 19.4. The molecule has 1 fully saturated rings. The normalized spacial score (nSPS) is 16.4. The highest BCUT2D eigenvalue weighted by Crippen LogP contribution is 2.27. The van der Waals surface area contributed by atoms with Crippen LogP contribution in [-0.2, 0) is 27.7 Å². The Morgan fingerprint density at radius 1 is 1.26 bits per heavy atom. The minimum atomic E-state index is -3.73. The number of methoxy groups -OCH3 is 1. The molecule has 3 rings (SSSR count). The minimum absolute atomic E-state index is 0.0122. The van der Waals surface area contributed by atoms with E-state index in [4.69, 9.17) is 4.74 Å². The number of aryl methyl sites for hydroxylation is 1. The number of carbonyl (C=O) groups is 1. The van der Waals surface area contributed by atoms with Gasteiger partial charge in [0, 0.05) is 38.4 Å². The molecule has 1 aliphatic heterocycles. The molecule has 8 heteroatoms. The van der Waals surface area contributed by atoms with Crippen LogP contribution >= 0.6 is 0 Å². The molecular formula is C19H25N3O4S. The molecule has 0 atom stereocenters. The maximum absolute atomic E-state index is 13.1. The quantitative estimate of drug-likeness (QED) is 0.706. The fourth-order valence-corrected chi connectivity index (χ4v) is 5.19. The monoisotopic (exact) mass is 391 g/mol. The van der Waals surface area contributed by atoms with Crippen LogP contribution in [-0.4, -0.2) is 48.4 Å². The van der Waals surface area contributed by atoms with Crippen LogP contribution in [0, 0.1) is 5.92 Å². The van der Waals surface area contributed by atoms with E-state index in [9.17, 15) is 13.2 Å². The lowest BCUT2D eigenvalue weighted by atomic mass is 9.98. The fourth-order valence-electron chi connectivity index (χ4n) is 3.54. The molecule has 1 saturated heterocycles. The first-order valence-corrected chi connectivity index (χ1v) is 10.6. The Morgan fingerprint density at radius 3 is 2.63 bits per heavy atom. The second-order valence-electron chi connectivity index (χ2n) is 6.68. The van der Waals surface area contributed by atoms with E-state index in [1.165, 1.54) is 23.5 Å². The second-order valence-corrected chi connectivity index (χ2v) is 8.59. The summed E-state index contributed by atoms with van der Waals surface area (Å²) in [5.74, 6) is 0.820. The van der Waals surface area contributed by atoms with Crippen molar-refractivity contribution in [2.75, 3.05) is 20.2 Å². The van der Waals surface area contributed by atoms with Crippen LogP contribution in [0.5, 0.6) is 0 Å². The molecule has 0 spiro atoms. The van der Waals surface area contributed by atoms with Gasteiger partial charge in [-0.3, -0.25) is 0 Å². The number of nitrogens with zero attached hydrogens (tertiary/aromatic N) is 3. The first kappa shape index (κ1) is 19.6. The summed E-state index contributed by atoms with van der Waals surface area (Å²) in [4.78, 5) is 16.3. The summed E-state index contributed by atoms with van der Waals surface area (Å²) < 4.78 is 34.5. The van der Waals surface area contributed by atoms with Crippen LogP contribution in [0.2, 0.25) is 0 Å². The van der Waals surface area contributed by atoms with Crippen molar-refractivity contribution >= 4 is 16.0 Å². The van der Waals surface area contributed by atoms with Crippen LogP contribution in [0.1, 0.15) is 35.9 Å². The highest BCUT2D eigenvalue weighted by Gasteiger charge is 2.32. The molecule has 0 unspecified atom stereocenters. The Bertz CT molecular complexity index is 899. The van der Waals surface area contributed by atoms with Gasteiger partial charge < -0.3 is 9.30 Å². The van der Waals surface area contributed by atoms with Gasteiger partial charge in [-0.25, -0.2) is 18.2 Å². The molecule has 1 aliphatic rings. The molecule has 0 saturated carbocycles. The van der Waals surface area contributed by atoms with Crippen LogP contribution < -0.4 is 0 Å². The third kappa shape index (κ3) is 4.06. The largest absolute Gasteiger partial charge is 0.465 e. The van der Waals surface area contributed by atoms with Gasteiger partial charge in [0.15, 0.2) is 0 Å². The van der Waals surface area contributed by atoms with E-state index >= 15 is 0 Å². The number of benzene rings is 1. The Labute approximate surface area is 160 Å². The smallest absolute Gasteiger partial charge is 0.339 e. The zero-order valence-electron chi connectivity index (χ0n) is 15.7. The van der Waals surface area contributed by atoms with E-state index in [0.717, 1.165) is 31.6 Å². The molecule has 27 heavy (non-hydrogen) atoms. The van der Waals surface area contributed by atoms with Gasteiger partial charge in [0.2, 0.25) is 10.0 Å². The molecule has 0 bridgehead atoms. The number of piperidine rings is 1. The number of hydrogen-bond acceptors (Lipinski definition) is 5. The number of imidazole rings is 1. The van der Waals surface area contributed by atoms with Gasteiger partial charge in [-0.15, -0.1) is 0 Å². The summed E-state index contributed by atoms with van der Waals surface area (Å²) in [6, 6.07) is 6.20. The van der Waals surface area contributed by atoms with Crippen LogP contribution in [0.3, 0.4) is 0 Å². The van der Waals surface area contributed by atoms with Crippen molar-refractivity contribution in [3.63, 3.8) is 0 Å². The fraction of sp³-hybridized carbons (Fsp3) is 0.474. The molecule has 1 aromatic heterocycles. The summed E-state index contributed by atoms with van der Waals surface area (Å²) in [6.07, 6.45) is 6.23. The predicted octanol–water partition coefficient (Wildman–Crippen LogP) is 2.33. The molecular weight excluding hydrogens is 366 g/mol. The van der Waals surface area contributed by atoms with Gasteiger partial charge in [-0.05, 0) is 30.9 Å². The molecule has 1 aromatic carbocycles. The lowest BCUT2D eigenvalue weighted by Crippen LogP contribution is -2.39. The maximum atomic E-state index is 13.1. The Kier molecular flexibility index (Phi) is 5.96. The predicted molar refractivity (Wildman–Crippen MR) is 101 cm³/mol. The summed E-state index contributed by atoms with van der Waals surface area (Å²) in [5, 5.41) is 0. The molecule has 0 aliphatic carbocycles. The number of aromatic nitrogens is 2. The molecule has 7 nitrogen and oxygen atoms in total. The molecule has 0 N–H and O–H groups in total. The average molecular weight is 391 g/mol. The van der Waals surface area contributed by atoms with Crippen molar-refractivity contribution in [2.24, 2.45) is 5.92 Å². The Hall–Kier alpha value is -2.19. The maximum Gasteiger partial charge on any atom is 0.339 e. The average Bonchev–Trinajstić information content (AvgIpc) is 3.15. The first-order valence-electron chi connectivity index (χ1n) is 9.14. The van der Waals surface area contributed by atoms with Crippen LogP contribution in [0.25, 0.3) is 0 Å². The number of rotatable bonds is 6. The number of ether oxygens (including phenoxy) is 1. The topological polar surface area (TPSA) is 81.5 Å². The Balaban J connectivity index is 1.71. The van der Waals surface area contributed by atoms with E-state index in [1.54, 1.807) is 12.1 Å². The van der Waals surface area contributed by atoms with Crippen molar-refractivity contribution in [2.45, 2.75) is 37.6 Å². The van der Waals surface area contributed by atoms with E-state index in [2.05, 4.69) is 16.5 Å². The van der Waals surface area contributed by atoms with E-state index < -0.39 is 16.0 Å². The van der Waals surface area contributed by atoms with Gasteiger partial charge in [-0.2, -0.15) is 4.31 Å². The van der Waals surface area contributed by atoms with Crippen molar-refractivity contribution < 1.29 is 17.9 Å². The summed E-state index contributed by atoms with van der Waals surface area (Å²) >= 11 is 0. The first-order chi connectivity index (χ1) is 13.0. The van der Waals surface area contributed by atoms with Gasteiger partial charge >= 0.3 is 5.97 Å². The molecule has 0 radical (unpaired) electrons.